The summed E-state index contributed by atoms with van der Waals surface area (Å²) in [7, 11) is 0. The van der Waals surface area contributed by atoms with E-state index >= 15 is 0 Å². The third-order valence-electron chi connectivity index (χ3n) is 3.80. The van der Waals surface area contributed by atoms with Gasteiger partial charge in [-0.05, 0) is 29.3 Å². The van der Waals surface area contributed by atoms with E-state index in [4.69, 9.17) is 14.2 Å². The van der Waals surface area contributed by atoms with Crippen LogP contribution in [0.3, 0.4) is 0 Å². The summed E-state index contributed by atoms with van der Waals surface area (Å²) in [5.41, 5.74) is 0.453. The van der Waals surface area contributed by atoms with E-state index in [1.54, 1.807) is 0 Å². The van der Waals surface area contributed by atoms with Gasteiger partial charge in [-0.1, -0.05) is 31.2 Å². The van der Waals surface area contributed by atoms with E-state index in [0.717, 1.165) is 17.2 Å². The van der Waals surface area contributed by atoms with Gasteiger partial charge in [-0.25, -0.2) is 9.59 Å². The van der Waals surface area contributed by atoms with E-state index in [1.165, 1.54) is 20.0 Å². The Morgan fingerprint density at radius 1 is 1.08 bits per heavy atom. The fraction of sp³-hybridized carbons (Fsp3) is 0.300. The molecule has 0 aliphatic carbocycles. The van der Waals surface area contributed by atoms with Gasteiger partial charge in [0.05, 0.1) is 12.3 Å². The highest BCUT2D eigenvalue weighted by Gasteiger charge is 2.38. The number of benzene rings is 2. The minimum atomic E-state index is -1.26. The van der Waals surface area contributed by atoms with Crippen LogP contribution in [0, 0.1) is 0 Å². The quantitative estimate of drug-likeness (QED) is 0.500. The van der Waals surface area contributed by atoms with Crippen molar-refractivity contribution in [2.75, 3.05) is 11.9 Å². The molecule has 6 nitrogen and oxygen atoms in total. The molecule has 0 bridgehead atoms. The lowest BCUT2D eigenvalue weighted by Gasteiger charge is -2.29. The first-order chi connectivity index (χ1) is 12.4. The van der Waals surface area contributed by atoms with Crippen molar-refractivity contribution in [2.45, 2.75) is 33.0 Å². The first kappa shape index (κ1) is 17.8. The van der Waals surface area contributed by atoms with Gasteiger partial charge < -0.3 is 19.5 Å². The number of anilines is 1. The Morgan fingerprint density at radius 3 is 2.31 bits per heavy atom. The highest BCUT2D eigenvalue weighted by Crippen LogP contribution is 2.31. The summed E-state index contributed by atoms with van der Waals surface area (Å²) in [6.45, 7) is 5.59. The normalized spacial score (nSPS) is 16.0. The first-order valence-electron chi connectivity index (χ1n) is 8.48. The third kappa shape index (κ3) is 3.79. The number of rotatable bonds is 5. The van der Waals surface area contributed by atoms with Gasteiger partial charge in [-0.3, -0.25) is 0 Å². The molecule has 26 heavy (non-hydrogen) atoms. The molecule has 6 heteroatoms. The molecule has 1 aliphatic rings. The molecule has 0 saturated carbocycles. The van der Waals surface area contributed by atoms with Crippen LogP contribution < -0.4 is 10.1 Å². The average molecular weight is 355 g/mol. The summed E-state index contributed by atoms with van der Waals surface area (Å²) in [6, 6.07) is 11.7. The Kier molecular flexibility index (Phi) is 4.84. The molecule has 0 atom stereocenters. The molecule has 1 aliphatic heterocycles. The van der Waals surface area contributed by atoms with Gasteiger partial charge in [0.1, 0.15) is 5.75 Å². The summed E-state index contributed by atoms with van der Waals surface area (Å²) in [4.78, 5) is 24.1. The van der Waals surface area contributed by atoms with Gasteiger partial charge in [-0.15, -0.1) is 0 Å². The van der Waals surface area contributed by atoms with Crippen molar-refractivity contribution in [3.63, 3.8) is 0 Å². The molecule has 136 valence electrons. The number of hydrogen-bond acceptors (Lipinski definition) is 6. The lowest BCUT2D eigenvalue weighted by molar-refractivity contribution is -0.222. The lowest BCUT2D eigenvalue weighted by Crippen LogP contribution is -2.42. The highest BCUT2D eigenvalue weighted by atomic mass is 16.7. The van der Waals surface area contributed by atoms with Gasteiger partial charge in [0, 0.05) is 20.0 Å². The molecule has 0 spiro atoms. The Labute approximate surface area is 151 Å². The van der Waals surface area contributed by atoms with Crippen LogP contribution >= 0.6 is 0 Å². The predicted octanol–water partition coefficient (Wildman–Crippen LogP) is 3.76. The van der Waals surface area contributed by atoms with E-state index in [1.807, 2.05) is 43.3 Å². The van der Waals surface area contributed by atoms with Crippen LogP contribution in [0.2, 0.25) is 0 Å². The van der Waals surface area contributed by atoms with Crippen molar-refractivity contribution in [2.24, 2.45) is 0 Å². The molecule has 0 amide bonds. The molecule has 3 rings (SSSR count). The van der Waals surface area contributed by atoms with Crippen molar-refractivity contribution in [3.05, 3.63) is 48.2 Å². The molecule has 1 saturated heterocycles. The minimum Gasteiger partial charge on any atom is -0.491 e. The molecule has 0 unspecified atom stereocenters. The van der Waals surface area contributed by atoms with E-state index in [2.05, 4.69) is 5.32 Å². The number of carbonyl (C=O) groups is 2. The predicted molar refractivity (Wildman–Crippen MR) is 97.7 cm³/mol. The van der Waals surface area contributed by atoms with E-state index < -0.39 is 17.7 Å². The molecule has 0 aromatic heterocycles. The maximum atomic E-state index is 12.0. The molecule has 2 aromatic rings. The third-order valence-corrected chi connectivity index (χ3v) is 3.80. The summed E-state index contributed by atoms with van der Waals surface area (Å²) in [5, 5.41) is 5.03. The fourth-order valence-corrected chi connectivity index (χ4v) is 2.59. The molecule has 1 N–H and O–H groups in total. The Morgan fingerprint density at radius 2 is 1.69 bits per heavy atom. The van der Waals surface area contributed by atoms with Crippen LogP contribution in [0.25, 0.3) is 10.8 Å². The van der Waals surface area contributed by atoms with Gasteiger partial charge in [-0.2, -0.15) is 0 Å². The summed E-state index contributed by atoms with van der Waals surface area (Å²) in [6.07, 6.45) is 2.16. The van der Waals surface area contributed by atoms with Crippen LogP contribution in [0.15, 0.2) is 48.2 Å². The smallest absolute Gasteiger partial charge is 0.350 e. The minimum absolute atomic E-state index is 0.195. The van der Waals surface area contributed by atoms with Gasteiger partial charge in [0.2, 0.25) is 0 Å². The van der Waals surface area contributed by atoms with Crippen molar-refractivity contribution in [3.8, 4) is 5.75 Å². The maximum absolute atomic E-state index is 12.0. The van der Waals surface area contributed by atoms with Crippen molar-refractivity contribution < 1.29 is 23.8 Å². The zero-order chi connectivity index (χ0) is 18.7. The topological polar surface area (TPSA) is 73.9 Å². The van der Waals surface area contributed by atoms with Gasteiger partial charge in [0.25, 0.3) is 5.79 Å². The number of hydrogen-bond donors (Lipinski definition) is 1. The molecule has 1 fully saturated rings. The Hall–Kier alpha value is -3.02. The van der Waals surface area contributed by atoms with E-state index in [-0.39, 0.29) is 5.57 Å². The van der Waals surface area contributed by atoms with Crippen LogP contribution in [-0.2, 0) is 19.1 Å². The zero-order valence-electron chi connectivity index (χ0n) is 15.0. The lowest BCUT2D eigenvalue weighted by atomic mass is 10.1. The van der Waals surface area contributed by atoms with Crippen LogP contribution in [-0.4, -0.2) is 24.3 Å². The van der Waals surface area contributed by atoms with Crippen molar-refractivity contribution in [1.82, 2.24) is 0 Å². The Balaban J connectivity index is 1.92. The summed E-state index contributed by atoms with van der Waals surface area (Å²) in [5.74, 6) is -2.07. The molecule has 0 radical (unpaired) electrons. The second-order valence-electron chi connectivity index (χ2n) is 6.43. The number of ether oxygens (including phenoxy) is 3. The zero-order valence-corrected chi connectivity index (χ0v) is 15.0. The van der Waals surface area contributed by atoms with E-state index in [0.29, 0.717) is 18.0 Å². The van der Waals surface area contributed by atoms with Crippen LogP contribution in [0.5, 0.6) is 5.75 Å². The Bertz CT molecular complexity index is 863. The SMILES string of the molecule is CCCOc1cc2ccccc2cc1NC=C1C(=O)OC(C)(C)OC1=O. The van der Waals surface area contributed by atoms with E-state index in [9.17, 15) is 9.59 Å². The number of nitrogens with one attached hydrogen (secondary N) is 1. The first-order valence-corrected chi connectivity index (χ1v) is 8.48. The fourth-order valence-electron chi connectivity index (χ4n) is 2.59. The molecule has 1 heterocycles. The van der Waals surface area contributed by atoms with Crippen LogP contribution in [0.1, 0.15) is 27.2 Å². The molecular weight excluding hydrogens is 334 g/mol. The van der Waals surface area contributed by atoms with Gasteiger partial charge >= 0.3 is 11.9 Å². The largest absolute Gasteiger partial charge is 0.491 e. The highest BCUT2D eigenvalue weighted by molar-refractivity contribution is 6.15. The number of esters is 2. The molecule has 2 aromatic carbocycles. The summed E-state index contributed by atoms with van der Waals surface area (Å²) >= 11 is 0. The second-order valence-corrected chi connectivity index (χ2v) is 6.43. The van der Waals surface area contributed by atoms with Crippen LogP contribution in [0.4, 0.5) is 5.69 Å². The van der Waals surface area contributed by atoms with Gasteiger partial charge in [0.15, 0.2) is 5.57 Å². The van der Waals surface area contributed by atoms with Crippen molar-refractivity contribution >= 4 is 28.4 Å². The monoisotopic (exact) mass is 355 g/mol. The summed E-state index contributed by atoms with van der Waals surface area (Å²) < 4.78 is 16.0. The standard InChI is InChI=1S/C20H21NO5/c1-4-9-24-17-11-14-8-6-5-7-13(14)10-16(17)21-12-15-18(22)25-20(2,3)26-19(15)23/h5-8,10-12,21H,4,9H2,1-3H3. The van der Waals surface area contributed by atoms with Crippen molar-refractivity contribution in [1.29, 1.82) is 0 Å². The number of cyclic esters (lactones) is 2. The molecular formula is C20H21NO5. The maximum Gasteiger partial charge on any atom is 0.350 e. The average Bonchev–Trinajstić information content (AvgIpc) is 2.58. The number of carbonyl (C=O) groups excluding carboxylic acids is 2. The second kappa shape index (κ2) is 7.07. The number of fused-ring (bicyclic) bond motifs is 1.